The third-order valence-electron chi connectivity index (χ3n) is 1.27. The van der Waals surface area contributed by atoms with Gasteiger partial charge in [0.25, 0.3) is 0 Å². The summed E-state index contributed by atoms with van der Waals surface area (Å²) in [5, 5.41) is 0. The molecule has 0 amide bonds. The molecule has 0 aliphatic heterocycles. The number of benzene rings is 1. The highest BCUT2D eigenvalue weighted by molar-refractivity contribution is 14.1. The zero-order valence-electron chi connectivity index (χ0n) is 7.99. The molecule has 3 nitrogen and oxygen atoms in total. The van der Waals surface area contributed by atoms with Crippen LogP contribution in [0.2, 0.25) is 0 Å². The quantitative estimate of drug-likeness (QED) is 0.435. The minimum Gasteiger partial charge on any atom is -0.279 e. The summed E-state index contributed by atoms with van der Waals surface area (Å²) >= 11 is 2.31. The van der Waals surface area contributed by atoms with E-state index in [1.807, 2.05) is 0 Å². The van der Waals surface area contributed by atoms with Crippen molar-refractivity contribution in [2.75, 3.05) is 0 Å². The Morgan fingerprint density at radius 1 is 1.31 bits per heavy atom. The molecule has 0 spiro atoms. The standard InChI is InChI=1S/C7H7I.CHF3O3S/c1-6-3-2-4-7(8)5-6;2-1(3,4)8(5,6)7/h2-5H,1H3;(H,5,6,7). The van der Waals surface area contributed by atoms with Gasteiger partial charge in [-0.25, -0.2) is 0 Å². The van der Waals surface area contributed by atoms with Crippen LogP contribution in [0.15, 0.2) is 24.3 Å². The molecule has 1 rings (SSSR count). The molecule has 1 N–H and O–H groups in total. The molecule has 0 fully saturated rings. The summed E-state index contributed by atoms with van der Waals surface area (Å²) in [6.45, 7) is 2.10. The lowest BCUT2D eigenvalue weighted by Crippen LogP contribution is -2.21. The van der Waals surface area contributed by atoms with Gasteiger partial charge in [0.15, 0.2) is 0 Å². The van der Waals surface area contributed by atoms with E-state index in [1.54, 1.807) is 0 Å². The number of aryl methyl sites for hydroxylation is 1. The minimum atomic E-state index is -5.84. The Morgan fingerprint density at radius 2 is 1.75 bits per heavy atom. The Bertz CT molecular complexity index is 425. The van der Waals surface area contributed by atoms with Crippen LogP contribution in [0.5, 0.6) is 0 Å². The molecule has 0 aliphatic rings. The monoisotopic (exact) mass is 368 g/mol. The van der Waals surface area contributed by atoms with Crippen molar-refractivity contribution in [2.45, 2.75) is 12.4 Å². The van der Waals surface area contributed by atoms with Crippen molar-refractivity contribution < 1.29 is 26.1 Å². The van der Waals surface area contributed by atoms with Crippen molar-refractivity contribution in [3.8, 4) is 0 Å². The van der Waals surface area contributed by atoms with Crippen LogP contribution in [-0.2, 0) is 10.1 Å². The van der Waals surface area contributed by atoms with Crippen molar-refractivity contribution in [1.29, 1.82) is 0 Å². The van der Waals surface area contributed by atoms with E-state index in [-0.39, 0.29) is 0 Å². The van der Waals surface area contributed by atoms with E-state index >= 15 is 0 Å². The maximum absolute atomic E-state index is 10.7. The first-order valence-electron chi connectivity index (χ1n) is 3.80. The molecule has 0 radical (unpaired) electrons. The van der Waals surface area contributed by atoms with E-state index in [0.717, 1.165) is 0 Å². The van der Waals surface area contributed by atoms with Gasteiger partial charge >= 0.3 is 15.6 Å². The highest BCUT2D eigenvalue weighted by atomic mass is 127. The second kappa shape index (κ2) is 5.82. The summed E-state index contributed by atoms with van der Waals surface area (Å²) in [6.07, 6.45) is 0. The SMILES string of the molecule is Cc1cccc(I)c1.O=S(=O)(O)C(F)(F)F. The molecule has 0 saturated carbocycles. The Balaban J connectivity index is 0.000000281. The van der Waals surface area contributed by atoms with Crippen molar-refractivity contribution in [2.24, 2.45) is 0 Å². The molecule has 92 valence electrons. The third kappa shape index (κ3) is 6.28. The van der Waals surface area contributed by atoms with Gasteiger partial charge in [-0.15, -0.1) is 0 Å². The smallest absolute Gasteiger partial charge is 0.279 e. The van der Waals surface area contributed by atoms with E-state index in [4.69, 9.17) is 13.0 Å². The van der Waals surface area contributed by atoms with E-state index in [0.29, 0.717) is 0 Å². The Kier molecular flexibility index (Phi) is 5.70. The lowest BCUT2D eigenvalue weighted by atomic mass is 10.2. The van der Waals surface area contributed by atoms with Crippen LogP contribution in [0.1, 0.15) is 5.56 Å². The Morgan fingerprint density at radius 3 is 1.94 bits per heavy atom. The van der Waals surface area contributed by atoms with Crippen LogP contribution >= 0.6 is 22.6 Å². The summed E-state index contributed by atoms with van der Waals surface area (Å²) in [5.41, 5.74) is -4.20. The van der Waals surface area contributed by atoms with Gasteiger partial charge in [0.1, 0.15) is 0 Å². The number of rotatable bonds is 0. The molecular formula is C8H8F3IO3S. The molecule has 16 heavy (non-hydrogen) atoms. The summed E-state index contributed by atoms with van der Waals surface area (Å²) in [7, 11) is -5.84. The summed E-state index contributed by atoms with van der Waals surface area (Å²) in [4.78, 5) is 0. The van der Waals surface area contributed by atoms with Crippen LogP contribution in [0.25, 0.3) is 0 Å². The molecule has 0 aromatic heterocycles. The van der Waals surface area contributed by atoms with Gasteiger partial charge in [-0.3, -0.25) is 4.55 Å². The lowest BCUT2D eigenvalue weighted by Gasteiger charge is -1.97. The van der Waals surface area contributed by atoms with Crippen LogP contribution in [0, 0.1) is 10.5 Å². The fourth-order valence-corrected chi connectivity index (χ4v) is 1.30. The van der Waals surface area contributed by atoms with E-state index in [1.165, 1.54) is 9.13 Å². The van der Waals surface area contributed by atoms with Crippen LogP contribution in [0.3, 0.4) is 0 Å². The van der Waals surface area contributed by atoms with Crippen LogP contribution in [0.4, 0.5) is 13.2 Å². The molecule has 1 aromatic carbocycles. The van der Waals surface area contributed by atoms with Gasteiger partial charge in [0, 0.05) is 3.57 Å². The maximum Gasteiger partial charge on any atom is 0.522 e. The molecule has 1 aromatic rings. The van der Waals surface area contributed by atoms with Gasteiger partial charge < -0.3 is 0 Å². The topological polar surface area (TPSA) is 54.4 Å². The molecule has 8 heteroatoms. The third-order valence-corrected chi connectivity index (χ3v) is 2.53. The number of alkyl halides is 3. The highest BCUT2D eigenvalue weighted by Gasteiger charge is 2.44. The van der Waals surface area contributed by atoms with Gasteiger partial charge in [-0.05, 0) is 41.6 Å². The van der Waals surface area contributed by atoms with Crippen LogP contribution in [-0.4, -0.2) is 18.5 Å². The van der Waals surface area contributed by atoms with Crippen molar-refractivity contribution in [3.05, 3.63) is 33.4 Å². The zero-order valence-corrected chi connectivity index (χ0v) is 11.0. The Hall–Kier alpha value is -0.350. The molecule has 0 saturated heterocycles. The van der Waals surface area contributed by atoms with Gasteiger partial charge in [-0.1, -0.05) is 17.7 Å². The van der Waals surface area contributed by atoms with Gasteiger partial charge in [-0.2, -0.15) is 21.6 Å². The maximum atomic E-state index is 10.7. The summed E-state index contributed by atoms with van der Waals surface area (Å²) in [5.74, 6) is 0. The average Bonchev–Trinajstić information content (AvgIpc) is 2.00. The molecule has 0 aliphatic carbocycles. The van der Waals surface area contributed by atoms with Gasteiger partial charge in [0.2, 0.25) is 0 Å². The first-order chi connectivity index (χ1) is 7.04. The summed E-state index contributed by atoms with van der Waals surface area (Å²) in [6, 6.07) is 8.41. The van der Waals surface area contributed by atoms with E-state index in [9.17, 15) is 13.2 Å². The number of hydrogen-bond donors (Lipinski definition) is 1. The normalized spacial score (nSPS) is 11.6. The second-order valence-corrected chi connectivity index (χ2v) is 5.38. The number of hydrogen-bond acceptors (Lipinski definition) is 2. The fraction of sp³-hybridized carbons (Fsp3) is 0.250. The first kappa shape index (κ1) is 15.7. The van der Waals surface area contributed by atoms with Crippen molar-refractivity contribution in [3.63, 3.8) is 0 Å². The fourth-order valence-electron chi connectivity index (χ4n) is 0.606. The second-order valence-electron chi connectivity index (χ2n) is 2.72. The van der Waals surface area contributed by atoms with Gasteiger partial charge in [0.05, 0.1) is 0 Å². The highest BCUT2D eigenvalue weighted by Crippen LogP contribution is 2.20. The summed E-state index contributed by atoms with van der Waals surface area (Å²) < 4.78 is 58.8. The molecule has 0 heterocycles. The van der Waals surface area contributed by atoms with Crippen LogP contribution < -0.4 is 0 Å². The van der Waals surface area contributed by atoms with E-state index in [2.05, 4.69) is 53.8 Å². The molecule has 0 bridgehead atoms. The minimum absolute atomic E-state index is 1.31. The predicted octanol–water partition coefficient (Wildman–Crippen LogP) is 2.99. The lowest BCUT2D eigenvalue weighted by molar-refractivity contribution is -0.0510. The van der Waals surface area contributed by atoms with Crippen molar-refractivity contribution in [1.82, 2.24) is 0 Å². The molecule has 0 atom stereocenters. The zero-order chi connectivity index (χ0) is 13.0. The predicted molar refractivity (Wildman–Crippen MR) is 61.5 cm³/mol. The van der Waals surface area contributed by atoms with E-state index < -0.39 is 15.6 Å². The first-order valence-corrected chi connectivity index (χ1v) is 6.32. The number of halogens is 4. The average molecular weight is 368 g/mol. The molecule has 0 unspecified atom stereocenters. The van der Waals surface area contributed by atoms with Crippen molar-refractivity contribution >= 4 is 32.7 Å². The molecular weight excluding hydrogens is 360 g/mol. The Labute approximate surface area is 105 Å². The largest absolute Gasteiger partial charge is 0.522 e.